The maximum atomic E-state index is 6.27. The van der Waals surface area contributed by atoms with Gasteiger partial charge >= 0.3 is 0 Å². The van der Waals surface area contributed by atoms with Gasteiger partial charge in [0, 0.05) is 6.04 Å². The molecule has 0 saturated heterocycles. The number of rotatable bonds is 6. The largest absolute Gasteiger partial charge is 0.494 e. The Bertz CT molecular complexity index is 392. The molecular weight excluding hydrogens is 234 g/mol. The van der Waals surface area contributed by atoms with Crippen LogP contribution in [0.25, 0.3) is 0 Å². The highest BCUT2D eigenvalue weighted by molar-refractivity contribution is 5.20. The average Bonchev–Trinajstić information content (AvgIpc) is 3.02. The maximum Gasteiger partial charge on any atom is 0.119 e. The van der Waals surface area contributed by atoms with Gasteiger partial charge in [0.2, 0.25) is 0 Å². The third kappa shape index (κ3) is 3.30. The fraction of sp³-hybridized carbons (Fsp3) is 0.647. The Kier molecular flexibility index (Phi) is 4.07. The highest BCUT2D eigenvalue weighted by atomic mass is 16.5. The lowest BCUT2D eigenvalue weighted by Gasteiger charge is -2.24. The van der Waals surface area contributed by atoms with Crippen molar-refractivity contribution in [2.45, 2.75) is 44.6 Å². The molecule has 2 heteroatoms. The Hall–Kier alpha value is -1.02. The van der Waals surface area contributed by atoms with Crippen molar-refractivity contribution < 1.29 is 4.74 Å². The summed E-state index contributed by atoms with van der Waals surface area (Å²) in [5.41, 5.74) is 6.27. The zero-order valence-corrected chi connectivity index (χ0v) is 11.6. The number of hydrogen-bond donors (Lipinski definition) is 1. The van der Waals surface area contributed by atoms with E-state index in [4.69, 9.17) is 10.5 Å². The SMILES string of the molecule is NC(CCOc1ccccc1)CC1CC2CCC1C2. The quantitative estimate of drug-likeness (QED) is 0.847. The fourth-order valence-corrected chi connectivity index (χ4v) is 4.02. The molecule has 2 saturated carbocycles. The van der Waals surface area contributed by atoms with Crippen LogP contribution in [0.2, 0.25) is 0 Å². The van der Waals surface area contributed by atoms with E-state index < -0.39 is 0 Å². The van der Waals surface area contributed by atoms with E-state index in [-0.39, 0.29) is 0 Å². The van der Waals surface area contributed by atoms with Crippen molar-refractivity contribution in [3.05, 3.63) is 30.3 Å². The topological polar surface area (TPSA) is 35.2 Å². The molecule has 0 spiro atoms. The van der Waals surface area contributed by atoms with Crippen LogP contribution in [0.5, 0.6) is 5.75 Å². The Morgan fingerprint density at radius 1 is 1.16 bits per heavy atom. The molecule has 19 heavy (non-hydrogen) atoms. The van der Waals surface area contributed by atoms with Crippen molar-refractivity contribution in [1.82, 2.24) is 0 Å². The molecule has 1 aromatic rings. The zero-order chi connectivity index (χ0) is 13.1. The number of ether oxygens (including phenoxy) is 1. The number of para-hydroxylation sites is 1. The van der Waals surface area contributed by atoms with Crippen LogP contribution in [0, 0.1) is 17.8 Å². The first-order chi connectivity index (χ1) is 9.31. The minimum atomic E-state index is 0.313. The molecular formula is C17H25NO. The van der Waals surface area contributed by atoms with Crippen LogP contribution in [0.1, 0.15) is 38.5 Å². The Morgan fingerprint density at radius 2 is 2.00 bits per heavy atom. The van der Waals surface area contributed by atoms with E-state index in [0.29, 0.717) is 6.04 Å². The van der Waals surface area contributed by atoms with Gasteiger partial charge < -0.3 is 10.5 Å². The second-order valence-electron chi connectivity index (χ2n) is 6.38. The molecule has 2 fully saturated rings. The van der Waals surface area contributed by atoms with Gasteiger partial charge in [-0.1, -0.05) is 24.6 Å². The molecule has 2 bridgehead atoms. The lowest BCUT2D eigenvalue weighted by molar-refractivity contribution is 0.256. The van der Waals surface area contributed by atoms with Crippen molar-refractivity contribution >= 4 is 0 Å². The van der Waals surface area contributed by atoms with E-state index >= 15 is 0 Å². The first kappa shape index (κ1) is 13.0. The molecule has 0 radical (unpaired) electrons. The highest BCUT2D eigenvalue weighted by Crippen LogP contribution is 2.49. The van der Waals surface area contributed by atoms with Crippen molar-refractivity contribution in [3.8, 4) is 5.75 Å². The van der Waals surface area contributed by atoms with E-state index in [0.717, 1.165) is 36.5 Å². The fourth-order valence-electron chi connectivity index (χ4n) is 4.02. The summed E-state index contributed by atoms with van der Waals surface area (Å²) in [4.78, 5) is 0. The van der Waals surface area contributed by atoms with Crippen LogP contribution in [-0.4, -0.2) is 12.6 Å². The van der Waals surface area contributed by atoms with Crippen molar-refractivity contribution in [3.63, 3.8) is 0 Å². The summed E-state index contributed by atoms with van der Waals surface area (Å²) in [6.07, 6.45) is 8.05. The molecule has 3 rings (SSSR count). The zero-order valence-electron chi connectivity index (χ0n) is 11.6. The summed E-state index contributed by atoms with van der Waals surface area (Å²) in [5.74, 6) is 3.88. The molecule has 0 heterocycles. The summed E-state index contributed by atoms with van der Waals surface area (Å²) in [7, 11) is 0. The van der Waals surface area contributed by atoms with Crippen molar-refractivity contribution in [2.24, 2.45) is 23.5 Å². The smallest absolute Gasteiger partial charge is 0.119 e. The lowest BCUT2D eigenvalue weighted by Crippen LogP contribution is -2.27. The molecule has 104 valence electrons. The average molecular weight is 259 g/mol. The van der Waals surface area contributed by atoms with Crippen LogP contribution < -0.4 is 10.5 Å². The molecule has 0 aromatic heterocycles. The molecule has 2 nitrogen and oxygen atoms in total. The lowest BCUT2D eigenvalue weighted by atomic mass is 9.84. The first-order valence-electron chi connectivity index (χ1n) is 7.74. The van der Waals surface area contributed by atoms with Crippen LogP contribution >= 0.6 is 0 Å². The molecule has 4 unspecified atom stereocenters. The third-order valence-corrected chi connectivity index (χ3v) is 4.99. The molecule has 2 N–H and O–H groups in total. The summed E-state index contributed by atoms with van der Waals surface area (Å²) in [5, 5.41) is 0. The molecule has 2 aliphatic carbocycles. The normalized spacial score (nSPS) is 30.5. The van der Waals surface area contributed by atoms with Crippen LogP contribution in [0.15, 0.2) is 30.3 Å². The van der Waals surface area contributed by atoms with Gasteiger partial charge in [-0.15, -0.1) is 0 Å². The molecule has 2 aliphatic rings. The molecule has 0 aliphatic heterocycles. The number of hydrogen-bond acceptors (Lipinski definition) is 2. The van der Waals surface area contributed by atoms with Crippen LogP contribution in [0.4, 0.5) is 0 Å². The second kappa shape index (κ2) is 5.96. The van der Waals surface area contributed by atoms with E-state index in [1.807, 2.05) is 30.3 Å². The van der Waals surface area contributed by atoms with Gasteiger partial charge in [0.1, 0.15) is 5.75 Å². The maximum absolute atomic E-state index is 6.27. The second-order valence-corrected chi connectivity index (χ2v) is 6.38. The molecule has 0 amide bonds. The van der Waals surface area contributed by atoms with Gasteiger partial charge in [-0.05, 0) is 62.0 Å². The first-order valence-corrected chi connectivity index (χ1v) is 7.74. The minimum Gasteiger partial charge on any atom is -0.494 e. The number of benzene rings is 1. The monoisotopic (exact) mass is 259 g/mol. The van der Waals surface area contributed by atoms with E-state index in [1.54, 1.807) is 0 Å². The van der Waals surface area contributed by atoms with Gasteiger partial charge in [0.05, 0.1) is 6.61 Å². The van der Waals surface area contributed by atoms with Gasteiger partial charge in [0.15, 0.2) is 0 Å². The summed E-state index contributed by atoms with van der Waals surface area (Å²) in [6.45, 7) is 0.742. The van der Waals surface area contributed by atoms with Gasteiger partial charge in [-0.25, -0.2) is 0 Å². The highest BCUT2D eigenvalue weighted by Gasteiger charge is 2.39. The number of nitrogens with two attached hydrogens (primary N) is 1. The van der Waals surface area contributed by atoms with E-state index in [1.165, 1.54) is 32.1 Å². The predicted molar refractivity (Wildman–Crippen MR) is 78.1 cm³/mol. The Labute approximate surface area is 116 Å². The Morgan fingerprint density at radius 3 is 2.68 bits per heavy atom. The van der Waals surface area contributed by atoms with Gasteiger partial charge in [-0.2, -0.15) is 0 Å². The molecule has 4 atom stereocenters. The standard InChI is InChI=1S/C17H25NO/c18-16(8-9-19-17-4-2-1-3-5-17)12-15-11-13-6-7-14(15)10-13/h1-5,13-16H,6-12,18H2. The minimum absolute atomic E-state index is 0.313. The summed E-state index contributed by atoms with van der Waals surface area (Å²) < 4.78 is 5.72. The molecule has 1 aromatic carbocycles. The van der Waals surface area contributed by atoms with Crippen molar-refractivity contribution in [2.75, 3.05) is 6.61 Å². The summed E-state index contributed by atoms with van der Waals surface area (Å²) >= 11 is 0. The predicted octanol–water partition coefficient (Wildman–Crippen LogP) is 3.61. The third-order valence-electron chi connectivity index (χ3n) is 4.99. The van der Waals surface area contributed by atoms with E-state index in [9.17, 15) is 0 Å². The summed E-state index contributed by atoms with van der Waals surface area (Å²) in [6, 6.07) is 10.3. The van der Waals surface area contributed by atoms with Crippen molar-refractivity contribution in [1.29, 1.82) is 0 Å². The van der Waals surface area contributed by atoms with Gasteiger partial charge in [0.25, 0.3) is 0 Å². The van der Waals surface area contributed by atoms with Gasteiger partial charge in [-0.3, -0.25) is 0 Å². The number of fused-ring (bicyclic) bond motifs is 2. The Balaban J connectivity index is 1.36. The van der Waals surface area contributed by atoms with Crippen LogP contribution in [-0.2, 0) is 0 Å². The van der Waals surface area contributed by atoms with Crippen LogP contribution in [0.3, 0.4) is 0 Å². The van der Waals surface area contributed by atoms with E-state index in [2.05, 4.69) is 0 Å².